The number of sulfonamides is 1. The van der Waals surface area contributed by atoms with E-state index < -0.39 is 39.5 Å². The number of nitrogens with zero attached hydrogens (tertiary/aromatic N) is 2. The van der Waals surface area contributed by atoms with E-state index in [1.165, 1.54) is 10.6 Å². The van der Waals surface area contributed by atoms with Crippen molar-refractivity contribution in [2.45, 2.75) is 43.9 Å². The van der Waals surface area contributed by atoms with E-state index in [0.717, 1.165) is 22.8 Å². The molecule has 1 aliphatic heterocycles. The average molecular weight is 605 g/mol. The van der Waals surface area contributed by atoms with Gasteiger partial charge in [0.2, 0.25) is 15.9 Å². The van der Waals surface area contributed by atoms with E-state index in [4.69, 9.17) is 4.74 Å². The summed E-state index contributed by atoms with van der Waals surface area (Å²) in [6.45, 7) is 0.423. The predicted octanol–water partition coefficient (Wildman–Crippen LogP) is 5.59. The van der Waals surface area contributed by atoms with Crippen molar-refractivity contribution < 1.29 is 40.6 Å². The molecule has 2 aromatic carbocycles. The number of piperidine rings is 1. The van der Waals surface area contributed by atoms with Crippen molar-refractivity contribution >= 4 is 16.0 Å². The van der Waals surface area contributed by atoms with Crippen molar-refractivity contribution in [2.75, 3.05) is 19.3 Å². The highest BCUT2D eigenvalue weighted by Crippen LogP contribution is 2.61. The van der Waals surface area contributed by atoms with E-state index in [1.807, 2.05) is 0 Å². The largest absolute Gasteiger partial charge is 0.481 e. The topological polar surface area (TPSA) is 96.8 Å². The highest BCUT2D eigenvalue weighted by Gasteiger charge is 2.60. The third-order valence-corrected chi connectivity index (χ3v) is 10.1. The Balaban J connectivity index is 1.20. The number of hydrogen-bond donors (Lipinski definition) is 1. The number of pyridine rings is 1. The van der Waals surface area contributed by atoms with Gasteiger partial charge < -0.3 is 9.84 Å². The van der Waals surface area contributed by atoms with Gasteiger partial charge in [-0.1, -0.05) is 24.3 Å². The summed E-state index contributed by atoms with van der Waals surface area (Å²) in [5.41, 5.74) is 1.62. The number of benzene rings is 2. The summed E-state index contributed by atoms with van der Waals surface area (Å²) in [7, 11) is -3.27. The summed E-state index contributed by atoms with van der Waals surface area (Å²) in [6, 6.07) is 9.94. The number of carboxylic acid groups (broad SMARTS) is 1. The zero-order valence-corrected chi connectivity index (χ0v) is 23.4. The minimum Gasteiger partial charge on any atom is -0.481 e. The molecule has 1 saturated heterocycles. The van der Waals surface area contributed by atoms with E-state index in [2.05, 4.69) is 4.98 Å². The van der Waals surface area contributed by atoms with Crippen molar-refractivity contribution in [1.82, 2.24) is 9.29 Å². The third kappa shape index (κ3) is 5.37. The third-order valence-electron chi connectivity index (χ3n) is 8.75. The summed E-state index contributed by atoms with van der Waals surface area (Å²) in [4.78, 5) is 15.5. The molecule has 0 amide bonds. The molecule has 1 aromatic heterocycles. The zero-order valence-electron chi connectivity index (χ0n) is 22.6. The molecule has 0 bridgehead atoms. The van der Waals surface area contributed by atoms with Gasteiger partial charge in [0, 0.05) is 36.8 Å². The van der Waals surface area contributed by atoms with Crippen LogP contribution in [0.15, 0.2) is 48.7 Å². The Hall–Kier alpha value is -3.51. The molecule has 12 heteroatoms. The SMILES string of the molecule is CS(=O)(=O)N1CCC(c2ccc(-c3cc(COc4cc5c(cn4)C4[C@@H](C5)[C@@H]4C(=O)O)c(F)cc3C(F)(F)F)cc2)CC1. The van der Waals surface area contributed by atoms with Gasteiger partial charge in [-0.3, -0.25) is 4.79 Å². The van der Waals surface area contributed by atoms with Crippen LogP contribution < -0.4 is 4.74 Å². The smallest absolute Gasteiger partial charge is 0.417 e. The van der Waals surface area contributed by atoms with Crippen LogP contribution in [0.3, 0.4) is 0 Å². The first-order valence-electron chi connectivity index (χ1n) is 13.6. The van der Waals surface area contributed by atoms with E-state index in [-0.39, 0.29) is 46.9 Å². The van der Waals surface area contributed by atoms with Crippen LogP contribution in [0.5, 0.6) is 5.88 Å². The Morgan fingerprint density at radius 3 is 2.43 bits per heavy atom. The first-order valence-corrected chi connectivity index (χ1v) is 15.5. The molecule has 3 atom stereocenters. The quantitative estimate of drug-likeness (QED) is 0.353. The van der Waals surface area contributed by atoms with Gasteiger partial charge in [0.15, 0.2) is 0 Å². The second-order valence-corrected chi connectivity index (χ2v) is 13.3. The first-order chi connectivity index (χ1) is 19.8. The van der Waals surface area contributed by atoms with Gasteiger partial charge in [0.1, 0.15) is 12.4 Å². The van der Waals surface area contributed by atoms with Crippen LogP contribution in [0.2, 0.25) is 0 Å². The minimum absolute atomic E-state index is 0.0381. The molecule has 222 valence electrons. The van der Waals surface area contributed by atoms with Gasteiger partial charge in [0.25, 0.3) is 0 Å². The summed E-state index contributed by atoms with van der Waals surface area (Å²) < 4.78 is 87.4. The number of ether oxygens (including phenoxy) is 1. The van der Waals surface area contributed by atoms with Crippen LogP contribution in [0.1, 0.15) is 52.5 Å². The van der Waals surface area contributed by atoms with Crippen molar-refractivity contribution in [3.05, 3.63) is 82.3 Å². The number of hydrogen-bond acceptors (Lipinski definition) is 5. The highest BCUT2D eigenvalue weighted by molar-refractivity contribution is 7.88. The van der Waals surface area contributed by atoms with E-state index in [0.29, 0.717) is 38.4 Å². The molecular formula is C30H28F4N2O5S. The maximum Gasteiger partial charge on any atom is 0.417 e. The fourth-order valence-electron chi connectivity index (χ4n) is 6.49. The fraction of sp³-hybridized carbons (Fsp3) is 0.400. The molecule has 0 radical (unpaired) electrons. The fourth-order valence-corrected chi connectivity index (χ4v) is 7.37. The molecule has 0 spiro atoms. The van der Waals surface area contributed by atoms with Crippen molar-refractivity contribution in [2.24, 2.45) is 11.8 Å². The lowest BCUT2D eigenvalue weighted by Crippen LogP contribution is -2.37. The van der Waals surface area contributed by atoms with Gasteiger partial charge in [-0.15, -0.1) is 0 Å². The Kier molecular flexibility index (Phi) is 7.04. The standard InChI is InChI=1S/C30H28F4N2O5S/c1-42(39,40)36-8-6-17(7-9-36)16-2-4-18(5-3-16)21-11-20(25(31)13-24(21)30(32,33)34)15-41-26-12-19-10-22-27(23(19)14-35-26)28(22)29(37)38/h2-5,11-14,17,22,27-28H,6-10,15H2,1H3,(H,37,38)/t22-,27?,28+/m1/s1. The molecule has 42 heavy (non-hydrogen) atoms. The molecule has 1 unspecified atom stereocenters. The average Bonchev–Trinajstić information content (AvgIpc) is 3.53. The van der Waals surface area contributed by atoms with Crippen LogP contribution in [-0.2, 0) is 34.0 Å². The Morgan fingerprint density at radius 1 is 1.12 bits per heavy atom. The van der Waals surface area contributed by atoms with Crippen LogP contribution in [0.4, 0.5) is 17.6 Å². The number of aliphatic carboxylic acids is 1. The van der Waals surface area contributed by atoms with Crippen LogP contribution >= 0.6 is 0 Å². The van der Waals surface area contributed by atoms with E-state index in [9.17, 15) is 35.9 Å². The van der Waals surface area contributed by atoms with Crippen molar-refractivity contribution in [1.29, 1.82) is 0 Å². The molecule has 3 aliphatic rings. The van der Waals surface area contributed by atoms with Crippen molar-refractivity contribution in [3.63, 3.8) is 0 Å². The molecule has 7 nitrogen and oxygen atoms in total. The van der Waals surface area contributed by atoms with Crippen LogP contribution in [-0.4, -0.2) is 48.1 Å². The lowest BCUT2D eigenvalue weighted by atomic mass is 9.88. The summed E-state index contributed by atoms with van der Waals surface area (Å²) in [5.74, 6) is -2.02. The van der Waals surface area contributed by atoms with Gasteiger partial charge in [-0.25, -0.2) is 22.1 Å². The summed E-state index contributed by atoms with van der Waals surface area (Å²) in [5, 5.41) is 9.29. The Labute approximate surface area is 240 Å². The second-order valence-electron chi connectivity index (χ2n) is 11.3. The molecule has 1 saturated carbocycles. The summed E-state index contributed by atoms with van der Waals surface area (Å²) >= 11 is 0. The number of halogens is 4. The molecule has 2 heterocycles. The second kappa shape index (κ2) is 10.3. The first kappa shape index (κ1) is 28.6. The van der Waals surface area contributed by atoms with E-state index in [1.54, 1.807) is 36.5 Å². The Bertz CT molecular complexity index is 1650. The normalized spacial score (nSPS) is 22.5. The number of carboxylic acids is 1. The molecule has 6 rings (SSSR count). The molecule has 1 N–H and O–H groups in total. The van der Waals surface area contributed by atoms with Gasteiger partial charge in [0.05, 0.1) is 17.7 Å². The van der Waals surface area contributed by atoms with Crippen LogP contribution in [0.25, 0.3) is 11.1 Å². The number of alkyl halides is 3. The predicted molar refractivity (Wildman–Crippen MR) is 145 cm³/mol. The number of carbonyl (C=O) groups is 1. The van der Waals surface area contributed by atoms with Crippen LogP contribution in [0, 0.1) is 17.7 Å². The van der Waals surface area contributed by atoms with E-state index >= 15 is 0 Å². The number of rotatable bonds is 7. The maximum atomic E-state index is 14.9. The van der Waals surface area contributed by atoms with Gasteiger partial charge in [-0.05, 0) is 71.0 Å². The lowest BCUT2D eigenvalue weighted by molar-refractivity contribution is -0.139. The summed E-state index contributed by atoms with van der Waals surface area (Å²) in [6.07, 6.45) is -0.249. The highest BCUT2D eigenvalue weighted by atomic mass is 32.2. The molecule has 2 fully saturated rings. The maximum absolute atomic E-state index is 14.9. The molecule has 3 aromatic rings. The lowest BCUT2D eigenvalue weighted by Gasteiger charge is -2.30. The zero-order chi connectivity index (χ0) is 30.0. The minimum atomic E-state index is -4.79. The number of aromatic nitrogens is 1. The Morgan fingerprint density at radius 2 is 1.81 bits per heavy atom. The monoisotopic (exact) mass is 604 g/mol. The molecule has 2 aliphatic carbocycles. The molecular weight excluding hydrogens is 576 g/mol. The van der Waals surface area contributed by atoms with Crippen molar-refractivity contribution in [3.8, 4) is 17.0 Å². The van der Waals surface area contributed by atoms with Gasteiger partial charge in [-0.2, -0.15) is 13.2 Å². The number of fused-ring (bicyclic) bond motifs is 3. The van der Waals surface area contributed by atoms with Gasteiger partial charge >= 0.3 is 12.1 Å².